The zero-order valence-corrected chi connectivity index (χ0v) is 11.2. The first-order valence-corrected chi connectivity index (χ1v) is 7.20. The highest BCUT2D eigenvalue weighted by molar-refractivity contribution is 5.74. The van der Waals surface area contributed by atoms with E-state index in [1.165, 1.54) is 38.5 Å². The molecule has 0 aromatic rings. The highest BCUT2D eigenvalue weighted by Gasteiger charge is 2.26. The fraction of sp³-hybridized carbons (Fsp3) is 0.929. The summed E-state index contributed by atoms with van der Waals surface area (Å²) >= 11 is 0. The third-order valence-electron chi connectivity index (χ3n) is 4.09. The summed E-state index contributed by atoms with van der Waals surface area (Å²) in [6.45, 7) is 6.36. The third kappa shape index (κ3) is 3.62. The van der Waals surface area contributed by atoms with Gasteiger partial charge < -0.3 is 10.2 Å². The number of rotatable bonds is 1. The van der Waals surface area contributed by atoms with Crippen molar-refractivity contribution >= 4 is 6.03 Å². The number of piperidine rings is 1. The van der Waals surface area contributed by atoms with Gasteiger partial charge in [-0.1, -0.05) is 33.1 Å². The van der Waals surface area contributed by atoms with E-state index in [-0.39, 0.29) is 6.03 Å². The summed E-state index contributed by atoms with van der Waals surface area (Å²) in [5.74, 6) is 1.30. The van der Waals surface area contributed by atoms with Gasteiger partial charge in [0.15, 0.2) is 0 Å². The zero-order chi connectivity index (χ0) is 12.3. The van der Waals surface area contributed by atoms with Crippen molar-refractivity contribution in [1.29, 1.82) is 0 Å². The van der Waals surface area contributed by atoms with E-state index in [0.29, 0.717) is 17.9 Å². The van der Waals surface area contributed by atoms with Gasteiger partial charge in [0.25, 0.3) is 0 Å². The molecule has 0 aromatic heterocycles. The molecule has 2 amide bonds. The number of hydrogen-bond donors (Lipinski definition) is 1. The first kappa shape index (κ1) is 12.7. The van der Waals surface area contributed by atoms with Crippen molar-refractivity contribution in [1.82, 2.24) is 10.2 Å². The molecular formula is C14H26N2O. The molecule has 2 fully saturated rings. The number of carbonyl (C=O) groups excluding carboxylic acids is 1. The SMILES string of the molecule is CC1CC(C)CN(C(=O)NC2CCCCC2)C1. The van der Waals surface area contributed by atoms with E-state index in [1.54, 1.807) is 0 Å². The van der Waals surface area contributed by atoms with Crippen LogP contribution in [0.25, 0.3) is 0 Å². The molecule has 1 aliphatic heterocycles. The van der Waals surface area contributed by atoms with Crippen LogP contribution in [0.3, 0.4) is 0 Å². The third-order valence-corrected chi connectivity index (χ3v) is 4.09. The summed E-state index contributed by atoms with van der Waals surface area (Å²) in [5.41, 5.74) is 0. The molecule has 1 N–H and O–H groups in total. The van der Waals surface area contributed by atoms with Gasteiger partial charge in [0.1, 0.15) is 0 Å². The number of carbonyl (C=O) groups is 1. The maximum atomic E-state index is 12.2. The van der Waals surface area contributed by atoms with Crippen LogP contribution in [-0.4, -0.2) is 30.1 Å². The van der Waals surface area contributed by atoms with Gasteiger partial charge in [-0.3, -0.25) is 0 Å². The summed E-state index contributed by atoms with van der Waals surface area (Å²) in [6, 6.07) is 0.610. The molecule has 2 aliphatic rings. The van der Waals surface area contributed by atoms with Crippen LogP contribution in [0.15, 0.2) is 0 Å². The molecule has 3 heteroatoms. The Labute approximate surface area is 105 Å². The Hall–Kier alpha value is -0.730. The van der Waals surface area contributed by atoms with E-state index in [2.05, 4.69) is 19.2 Å². The number of hydrogen-bond acceptors (Lipinski definition) is 1. The summed E-state index contributed by atoms with van der Waals surface area (Å²) in [7, 11) is 0. The van der Waals surface area contributed by atoms with Crippen LogP contribution in [0.2, 0.25) is 0 Å². The van der Waals surface area contributed by atoms with Crippen LogP contribution in [0, 0.1) is 11.8 Å². The fourth-order valence-corrected chi connectivity index (χ4v) is 3.34. The van der Waals surface area contributed by atoms with Gasteiger partial charge in [-0.2, -0.15) is 0 Å². The Kier molecular flexibility index (Phi) is 4.30. The molecule has 2 unspecified atom stereocenters. The van der Waals surface area contributed by atoms with E-state index in [9.17, 15) is 4.79 Å². The van der Waals surface area contributed by atoms with Crippen molar-refractivity contribution in [3.05, 3.63) is 0 Å². The van der Waals surface area contributed by atoms with E-state index in [1.807, 2.05) is 4.90 Å². The Morgan fingerprint density at radius 1 is 1.06 bits per heavy atom. The summed E-state index contributed by atoms with van der Waals surface area (Å²) < 4.78 is 0. The number of nitrogens with one attached hydrogen (secondary N) is 1. The quantitative estimate of drug-likeness (QED) is 0.748. The van der Waals surface area contributed by atoms with Gasteiger partial charge in [0.05, 0.1) is 0 Å². The van der Waals surface area contributed by atoms with E-state index >= 15 is 0 Å². The molecule has 0 radical (unpaired) electrons. The highest BCUT2D eigenvalue weighted by Crippen LogP contribution is 2.22. The second-order valence-electron chi connectivity index (χ2n) is 6.14. The zero-order valence-electron chi connectivity index (χ0n) is 11.2. The molecule has 0 aromatic carbocycles. The van der Waals surface area contributed by atoms with Crippen LogP contribution in [-0.2, 0) is 0 Å². The minimum atomic E-state index is 0.176. The van der Waals surface area contributed by atoms with Crippen molar-refractivity contribution < 1.29 is 4.79 Å². The average Bonchev–Trinajstić information content (AvgIpc) is 2.29. The Balaban J connectivity index is 1.81. The molecule has 0 bridgehead atoms. The standard InChI is InChI=1S/C14H26N2O/c1-11-8-12(2)10-16(9-11)14(17)15-13-6-4-3-5-7-13/h11-13H,3-10H2,1-2H3,(H,15,17). The van der Waals surface area contributed by atoms with Gasteiger partial charge in [-0.25, -0.2) is 4.79 Å². The van der Waals surface area contributed by atoms with Crippen molar-refractivity contribution in [3.63, 3.8) is 0 Å². The molecular weight excluding hydrogens is 212 g/mol. The number of amides is 2. The predicted octanol–water partition coefficient (Wildman–Crippen LogP) is 3.01. The topological polar surface area (TPSA) is 32.3 Å². The Bertz CT molecular complexity index is 251. The molecule has 0 spiro atoms. The van der Waals surface area contributed by atoms with Gasteiger partial charge >= 0.3 is 6.03 Å². The Morgan fingerprint density at radius 2 is 1.65 bits per heavy atom. The van der Waals surface area contributed by atoms with Crippen molar-refractivity contribution in [3.8, 4) is 0 Å². The number of likely N-dealkylation sites (tertiary alicyclic amines) is 1. The largest absolute Gasteiger partial charge is 0.335 e. The number of nitrogens with zero attached hydrogens (tertiary/aromatic N) is 1. The number of urea groups is 1. The molecule has 1 saturated heterocycles. The molecule has 2 atom stereocenters. The Morgan fingerprint density at radius 3 is 2.24 bits per heavy atom. The van der Waals surface area contributed by atoms with Gasteiger partial charge in [0, 0.05) is 19.1 Å². The van der Waals surface area contributed by atoms with Crippen LogP contribution >= 0.6 is 0 Å². The molecule has 1 heterocycles. The molecule has 98 valence electrons. The summed E-state index contributed by atoms with van der Waals surface area (Å²) in [6.07, 6.45) is 7.49. The molecule has 2 rings (SSSR count). The molecule has 1 aliphatic carbocycles. The molecule has 17 heavy (non-hydrogen) atoms. The van der Waals surface area contributed by atoms with Gasteiger partial charge in [0.2, 0.25) is 0 Å². The van der Waals surface area contributed by atoms with Crippen LogP contribution in [0.5, 0.6) is 0 Å². The lowest BCUT2D eigenvalue weighted by Crippen LogP contribution is -2.50. The minimum Gasteiger partial charge on any atom is -0.335 e. The van der Waals surface area contributed by atoms with Crippen LogP contribution < -0.4 is 5.32 Å². The van der Waals surface area contributed by atoms with Crippen molar-refractivity contribution in [2.75, 3.05) is 13.1 Å². The van der Waals surface area contributed by atoms with Crippen LogP contribution in [0.1, 0.15) is 52.4 Å². The van der Waals surface area contributed by atoms with Crippen LogP contribution in [0.4, 0.5) is 4.79 Å². The fourth-order valence-electron chi connectivity index (χ4n) is 3.34. The maximum absolute atomic E-state index is 12.2. The smallest absolute Gasteiger partial charge is 0.317 e. The lowest BCUT2D eigenvalue weighted by molar-refractivity contribution is 0.141. The predicted molar refractivity (Wildman–Crippen MR) is 69.9 cm³/mol. The average molecular weight is 238 g/mol. The summed E-state index contributed by atoms with van der Waals surface area (Å²) in [4.78, 5) is 14.2. The van der Waals surface area contributed by atoms with Crippen molar-refractivity contribution in [2.45, 2.75) is 58.4 Å². The second-order valence-corrected chi connectivity index (χ2v) is 6.14. The first-order chi connectivity index (χ1) is 8.15. The molecule has 1 saturated carbocycles. The minimum absolute atomic E-state index is 0.176. The van der Waals surface area contributed by atoms with Gasteiger partial charge in [-0.05, 0) is 31.1 Å². The van der Waals surface area contributed by atoms with Crippen molar-refractivity contribution in [2.24, 2.45) is 11.8 Å². The lowest BCUT2D eigenvalue weighted by Gasteiger charge is -2.36. The lowest BCUT2D eigenvalue weighted by atomic mass is 9.92. The van der Waals surface area contributed by atoms with E-state index in [4.69, 9.17) is 0 Å². The monoisotopic (exact) mass is 238 g/mol. The van der Waals surface area contributed by atoms with E-state index < -0.39 is 0 Å². The normalized spacial score (nSPS) is 31.3. The maximum Gasteiger partial charge on any atom is 0.317 e. The first-order valence-electron chi connectivity index (χ1n) is 7.20. The second kappa shape index (κ2) is 5.74. The van der Waals surface area contributed by atoms with Gasteiger partial charge in [-0.15, -0.1) is 0 Å². The highest BCUT2D eigenvalue weighted by atomic mass is 16.2. The van der Waals surface area contributed by atoms with E-state index in [0.717, 1.165) is 13.1 Å². The molecule has 3 nitrogen and oxygen atoms in total. The summed E-state index contributed by atoms with van der Waals surface area (Å²) in [5, 5.41) is 3.22.